The maximum atomic E-state index is 5.45. The number of rotatable bonds is 6. The van der Waals surface area contributed by atoms with Crippen molar-refractivity contribution in [1.29, 1.82) is 0 Å². The lowest BCUT2D eigenvalue weighted by atomic mass is 10.2. The Labute approximate surface area is 169 Å². The van der Waals surface area contributed by atoms with E-state index in [1.54, 1.807) is 7.11 Å². The summed E-state index contributed by atoms with van der Waals surface area (Å²) in [5.74, 6) is 2.37. The topological polar surface area (TPSA) is 84.4 Å². The van der Waals surface area contributed by atoms with Gasteiger partial charge < -0.3 is 25.0 Å². The molecule has 0 aliphatic carbocycles. The maximum Gasteiger partial charge on any atom is 0.233 e. The fourth-order valence-corrected chi connectivity index (χ4v) is 2.95. The third kappa shape index (κ3) is 4.91. The predicted octanol–water partition coefficient (Wildman–Crippen LogP) is 3.51. The van der Waals surface area contributed by atoms with Crippen LogP contribution in [0.1, 0.15) is 5.56 Å². The zero-order valence-corrected chi connectivity index (χ0v) is 16.6. The molecule has 0 saturated carbocycles. The second kappa shape index (κ2) is 8.74. The van der Waals surface area contributed by atoms with E-state index in [0.29, 0.717) is 31.1 Å². The fraction of sp³-hybridized carbons (Fsp3) is 0.286. The van der Waals surface area contributed by atoms with Gasteiger partial charge in [-0.25, -0.2) is 0 Å². The highest BCUT2D eigenvalue weighted by molar-refractivity contribution is 5.60. The van der Waals surface area contributed by atoms with Gasteiger partial charge in [0.25, 0.3) is 0 Å². The Morgan fingerprint density at radius 3 is 1.93 bits per heavy atom. The van der Waals surface area contributed by atoms with Crippen molar-refractivity contribution in [2.75, 3.05) is 48.9 Å². The Morgan fingerprint density at radius 1 is 0.828 bits per heavy atom. The van der Waals surface area contributed by atoms with Gasteiger partial charge >= 0.3 is 0 Å². The molecule has 0 radical (unpaired) electrons. The molecule has 0 unspecified atom stereocenters. The summed E-state index contributed by atoms with van der Waals surface area (Å²) in [4.78, 5) is 15.9. The lowest BCUT2D eigenvalue weighted by molar-refractivity contribution is 0.122. The molecule has 0 spiro atoms. The van der Waals surface area contributed by atoms with Crippen molar-refractivity contribution in [3.63, 3.8) is 0 Å². The number of nitrogens with one attached hydrogen (secondary N) is 2. The lowest BCUT2D eigenvalue weighted by Gasteiger charge is -2.27. The van der Waals surface area contributed by atoms with E-state index in [-0.39, 0.29) is 0 Å². The van der Waals surface area contributed by atoms with Crippen molar-refractivity contribution >= 4 is 29.2 Å². The summed E-state index contributed by atoms with van der Waals surface area (Å²) in [5.41, 5.74) is 2.98. The summed E-state index contributed by atoms with van der Waals surface area (Å²) < 4.78 is 10.7. The molecule has 4 rings (SSSR count). The largest absolute Gasteiger partial charge is 0.497 e. The average Bonchev–Trinajstić information content (AvgIpc) is 2.76. The number of aryl methyl sites for hydroxylation is 1. The van der Waals surface area contributed by atoms with Gasteiger partial charge in [-0.15, -0.1) is 0 Å². The first kappa shape index (κ1) is 18.9. The molecule has 2 aromatic carbocycles. The SMILES string of the molecule is COc1ccc(Nc2nc(Nc3ccc(C)cc3)nc(N3CCOCC3)n2)cc1. The second-order valence-electron chi connectivity index (χ2n) is 6.73. The van der Waals surface area contributed by atoms with Gasteiger partial charge in [-0.1, -0.05) is 17.7 Å². The minimum Gasteiger partial charge on any atom is -0.497 e. The molecule has 8 nitrogen and oxygen atoms in total. The Bertz CT molecular complexity index is 940. The van der Waals surface area contributed by atoms with E-state index in [1.165, 1.54) is 5.56 Å². The molecule has 1 aliphatic rings. The number of benzene rings is 2. The van der Waals surface area contributed by atoms with Crippen molar-refractivity contribution in [3.8, 4) is 5.75 Å². The van der Waals surface area contributed by atoms with Crippen molar-refractivity contribution in [1.82, 2.24) is 15.0 Å². The Morgan fingerprint density at radius 2 is 1.38 bits per heavy atom. The molecular formula is C21H24N6O2. The zero-order chi connectivity index (χ0) is 20.1. The van der Waals surface area contributed by atoms with Crippen LogP contribution in [0.5, 0.6) is 5.75 Å². The van der Waals surface area contributed by atoms with E-state index in [2.05, 4.69) is 37.4 Å². The summed E-state index contributed by atoms with van der Waals surface area (Å²) in [6.07, 6.45) is 0. The van der Waals surface area contributed by atoms with Crippen LogP contribution in [0, 0.1) is 6.92 Å². The van der Waals surface area contributed by atoms with E-state index >= 15 is 0 Å². The number of ether oxygens (including phenoxy) is 2. The first-order valence-electron chi connectivity index (χ1n) is 9.53. The number of methoxy groups -OCH3 is 1. The summed E-state index contributed by atoms with van der Waals surface area (Å²) in [7, 11) is 1.64. The van der Waals surface area contributed by atoms with E-state index in [0.717, 1.165) is 30.2 Å². The van der Waals surface area contributed by atoms with E-state index in [1.807, 2.05) is 48.5 Å². The standard InChI is InChI=1S/C21H24N6O2/c1-15-3-5-16(6-4-15)22-19-24-20(23-17-7-9-18(28-2)10-8-17)26-21(25-19)27-11-13-29-14-12-27/h3-10H,11-14H2,1-2H3,(H2,22,23,24,25,26). The van der Waals surface area contributed by atoms with E-state index < -0.39 is 0 Å². The molecular weight excluding hydrogens is 368 g/mol. The van der Waals surface area contributed by atoms with Crippen molar-refractivity contribution < 1.29 is 9.47 Å². The molecule has 0 bridgehead atoms. The first-order chi connectivity index (χ1) is 14.2. The predicted molar refractivity (Wildman–Crippen MR) is 114 cm³/mol. The normalized spacial score (nSPS) is 13.8. The highest BCUT2D eigenvalue weighted by Gasteiger charge is 2.17. The highest BCUT2D eigenvalue weighted by Crippen LogP contribution is 2.22. The number of aromatic nitrogens is 3. The molecule has 3 aromatic rings. The molecule has 8 heteroatoms. The maximum absolute atomic E-state index is 5.45. The molecule has 29 heavy (non-hydrogen) atoms. The van der Waals surface area contributed by atoms with Crippen LogP contribution < -0.4 is 20.3 Å². The zero-order valence-electron chi connectivity index (χ0n) is 16.6. The quantitative estimate of drug-likeness (QED) is 0.659. The fourth-order valence-electron chi connectivity index (χ4n) is 2.95. The number of hydrogen-bond acceptors (Lipinski definition) is 8. The van der Waals surface area contributed by atoms with Crippen molar-refractivity contribution in [2.45, 2.75) is 6.92 Å². The Hall–Kier alpha value is -3.39. The Balaban J connectivity index is 1.61. The minimum absolute atomic E-state index is 0.473. The van der Waals surface area contributed by atoms with Crippen LogP contribution in [0.3, 0.4) is 0 Å². The molecule has 150 valence electrons. The van der Waals surface area contributed by atoms with Crippen molar-refractivity contribution in [3.05, 3.63) is 54.1 Å². The van der Waals surface area contributed by atoms with Crippen LogP contribution >= 0.6 is 0 Å². The molecule has 1 fully saturated rings. The van der Waals surface area contributed by atoms with Crippen LogP contribution in [0.4, 0.5) is 29.2 Å². The van der Waals surface area contributed by atoms with Crippen LogP contribution in [0.2, 0.25) is 0 Å². The molecule has 1 saturated heterocycles. The summed E-state index contributed by atoms with van der Waals surface area (Å²) in [6, 6.07) is 15.7. The van der Waals surface area contributed by atoms with Crippen molar-refractivity contribution in [2.24, 2.45) is 0 Å². The van der Waals surface area contributed by atoms with Gasteiger partial charge in [0.2, 0.25) is 17.8 Å². The molecule has 1 aromatic heterocycles. The van der Waals surface area contributed by atoms with Crippen LogP contribution in [-0.2, 0) is 4.74 Å². The smallest absolute Gasteiger partial charge is 0.233 e. The second-order valence-corrected chi connectivity index (χ2v) is 6.73. The average molecular weight is 392 g/mol. The molecule has 1 aliphatic heterocycles. The number of hydrogen-bond donors (Lipinski definition) is 2. The van der Waals surface area contributed by atoms with E-state index in [4.69, 9.17) is 9.47 Å². The first-order valence-corrected chi connectivity index (χ1v) is 9.53. The molecule has 2 N–H and O–H groups in total. The van der Waals surface area contributed by atoms with Gasteiger partial charge in [0.15, 0.2) is 0 Å². The van der Waals surface area contributed by atoms with Crippen LogP contribution in [0.25, 0.3) is 0 Å². The third-order valence-electron chi connectivity index (χ3n) is 4.57. The van der Waals surface area contributed by atoms with Crippen LogP contribution in [0.15, 0.2) is 48.5 Å². The molecule has 2 heterocycles. The van der Waals surface area contributed by atoms with Gasteiger partial charge in [-0.2, -0.15) is 15.0 Å². The lowest BCUT2D eigenvalue weighted by Crippen LogP contribution is -2.37. The summed E-state index contributed by atoms with van der Waals surface area (Å²) in [5, 5.41) is 6.53. The van der Waals surface area contributed by atoms with E-state index in [9.17, 15) is 0 Å². The molecule has 0 amide bonds. The Kier molecular flexibility index (Phi) is 5.71. The van der Waals surface area contributed by atoms with Gasteiger partial charge in [-0.3, -0.25) is 0 Å². The van der Waals surface area contributed by atoms with Gasteiger partial charge in [0, 0.05) is 24.5 Å². The molecule has 0 atom stereocenters. The third-order valence-corrected chi connectivity index (χ3v) is 4.57. The number of morpholine rings is 1. The minimum atomic E-state index is 0.473. The van der Waals surface area contributed by atoms with Gasteiger partial charge in [0.1, 0.15) is 5.75 Å². The summed E-state index contributed by atoms with van der Waals surface area (Å²) in [6.45, 7) is 4.87. The monoisotopic (exact) mass is 392 g/mol. The van der Waals surface area contributed by atoms with Gasteiger partial charge in [0.05, 0.1) is 20.3 Å². The van der Waals surface area contributed by atoms with Crippen LogP contribution in [-0.4, -0.2) is 48.4 Å². The highest BCUT2D eigenvalue weighted by atomic mass is 16.5. The number of anilines is 5. The summed E-state index contributed by atoms with van der Waals surface area (Å²) >= 11 is 0. The van der Waals surface area contributed by atoms with Gasteiger partial charge in [-0.05, 0) is 43.3 Å². The number of nitrogens with zero attached hydrogens (tertiary/aromatic N) is 4.